The number of nitrogens with zero attached hydrogens (tertiary/aromatic N) is 4. The van der Waals surface area contributed by atoms with E-state index in [1.165, 1.54) is 6.33 Å². The highest BCUT2D eigenvalue weighted by Crippen LogP contribution is 2.22. The Kier molecular flexibility index (Phi) is 4.42. The molecule has 0 aliphatic carbocycles. The predicted molar refractivity (Wildman–Crippen MR) is 93.0 cm³/mol. The highest BCUT2D eigenvalue weighted by Gasteiger charge is 2.18. The summed E-state index contributed by atoms with van der Waals surface area (Å²) >= 11 is 0. The molecule has 0 aliphatic heterocycles. The molecule has 1 amide bonds. The highest BCUT2D eigenvalue weighted by atomic mass is 16.2. The maximum Gasteiger partial charge on any atom is 0.254 e. The van der Waals surface area contributed by atoms with Gasteiger partial charge in [-0.1, -0.05) is 29.8 Å². The Morgan fingerprint density at radius 3 is 2.33 bits per heavy atom. The maximum atomic E-state index is 12.6. The minimum Gasteiger partial charge on any atom is -0.335 e. The standard InChI is InChI=1S/C19H20N4O/c1-14-4-6-17(7-5-14)19(24)22(3)15(2)16-8-10-18(11-9-16)23-13-20-12-21-23/h4-13,15H,1-3H3/t15-/m1/s1. The van der Waals surface area contributed by atoms with Gasteiger partial charge < -0.3 is 4.90 Å². The number of aromatic nitrogens is 3. The molecule has 1 atom stereocenters. The van der Waals surface area contributed by atoms with Crippen LogP contribution in [0, 0.1) is 6.92 Å². The number of carbonyl (C=O) groups excluding carboxylic acids is 1. The zero-order valence-electron chi connectivity index (χ0n) is 14.0. The molecule has 5 heteroatoms. The van der Waals surface area contributed by atoms with Crippen LogP contribution in [0.3, 0.4) is 0 Å². The van der Waals surface area contributed by atoms with Crippen LogP contribution in [-0.4, -0.2) is 32.6 Å². The van der Waals surface area contributed by atoms with Crippen molar-refractivity contribution in [2.45, 2.75) is 19.9 Å². The van der Waals surface area contributed by atoms with Gasteiger partial charge in [0.15, 0.2) is 0 Å². The van der Waals surface area contributed by atoms with Gasteiger partial charge in [-0.2, -0.15) is 5.10 Å². The van der Waals surface area contributed by atoms with E-state index < -0.39 is 0 Å². The fourth-order valence-corrected chi connectivity index (χ4v) is 2.55. The lowest BCUT2D eigenvalue weighted by atomic mass is 10.1. The summed E-state index contributed by atoms with van der Waals surface area (Å²) < 4.78 is 1.70. The van der Waals surface area contributed by atoms with Gasteiger partial charge in [0.05, 0.1) is 11.7 Å². The van der Waals surface area contributed by atoms with E-state index in [1.807, 2.05) is 69.4 Å². The zero-order chi connectivity index (χ0) is 17.1. The van der Waals surface area contributed by atoms with Gasteiger partial charge in [0, 0.05) is 12.6 Å². The minimum atomic E-state index is -0.0244. The number of rotatable bonds is 4. The number of hydrogen-bond acceptors (Lipinski definition) is 3. The number of amides is 1. The lowest BCUT2D eigenvalue weighted by molar-refractivity contribution is 0.0742. The summed E-state index contributed by atoms with van der Waals surface area (Å²) in [4.78, 5) is 18.3. The summed E-state index contributed by atoms with van der Waals surface area (Å²) in [5, 5.41) is 4.11. The highest BCUT2D eigenvalue weighted by molar-refractivity contribution is 5.94. The lowest BCUT2D eigenvalue weighted by Crippen LogP contribution is -2.29. The minimum absolute atomic E-state index is 0.0165. The van der Waals surface area contributed by atoms with Crippen molar-refractivity contribution in [3.8, 4) is 5.69 Å². The van der Waals surface area contributed by atoms with Gasteiger partial charge in [0.25, 0.3) is 5.91 Å². The Bertz CT molecular complexity index is 808. The zero-order valence-corrected chi connectivity index (χ0v) is 14.0. The molecule has 3 aromatic rings. The Morgan fingerprint density at radius 2 is 1.75 bits per heavy atom. The van der Waals surface area contributed by atoms with Crippen molar-refractivity contribution in [3.05, 3.63) is 77.9 Å². The summed E-state index contributed by atoms with van der Waals surface area (Å²) in [5.74, 6) is 0.0165. The molecular formula is C19H20N4O. The maximum absolute atomic E-state index is 12.6. The van der Waals surface area contributed by atoms with Crippen LogP contribution in [-0.2, 0) is 0 Å². The number of carbonyl (C=O) groups is 1. The monoisotopic (exact) mass is 320 g/mol. The van der Waals surface area contributed by atoms with Crippen molar-refractivity contribution in [2.75, 3.05) is 7.05 Å². The van der Waals surface area contributed by atoms with Gasteiger partial charge in [0.2, 0.25) is 0 Å². The third kappa shape index (κ3) is 3.20. The molecule has 0 radical (unpaired) electrons. The molecule has 1 aromatic heterocycles. The van der Waals surface area contributed by atoms with Gasteiger partial charge in [-0.25, -0.2) is 9.67 Å². The van der Waals surface area contributed by atoms with E-state index >= 15 is 0 Å². The van der Waals surface area contributed by atoms with E-state index in [0.717, 1.165) is 16.8 Å². The second-order valence-corrected chi connectivity index (χ2v) is 5.89. The van der Waals surface area contributed by atoms with Gasteiger partial charge >= 0.3 is 0 Å². The summed E-state index contributed by atoms with van der Waals surface area (Å²) in [7, 11) is 1.83. The Hall–Kier alpha value is -2.95. The van der Waals surface area contributed by atoms with E-state index in [2.05, 4.69) is 10.1 Å². The third-order valence-corrected chi connectivity index (χ3v) is 4.26. The van der Waals surface area contributed by atoms with Crippen molar-refractivity contribution in [1.29, 1.82) is 0 Å². The fourth-order valence-electron chi connectivity index (χ4n) is 2.55. The molecule has 2 aromatic carbocycles. The van der Waals surface area contributed by atoms with Gasteiger partial charge in [-0.15, -0.1) is 0 Å². The van der Waals surface area contributed by atoms with E-state index in [9.17, 15) is 4.79 Å². The molecule has 122 valence electrons. The van der Waals surface area contributed by atoms with Crippen LogP contribution in [0.25, 0.3) is 5.69 Å². The molecule has 0 aliphatic rings. The average Bonchev–Trinajstić information content (AvgIpc) is 3.15. The quantitative estimate of drug-likeness (QED) is 0.740. The largest absolute Gasteiger partial charge is 0.335 e. The van der Waals surface area contributed by atoms with Crippen molar-refractivity contribution in [2.24, 2.45) is 0 Å². The first-order valence-corrected chi connectivity index (χ1v) is 7.85. The molecule has 0 N–H and O–H groups in total. The summed E-state index contributed by atoms with van der Waals surface area (Å²) in [6.07, 6.45) is 3.16. The van der Waals surface area contributed by atoms with Gasteiger partial charge in [-0.05, 0) is 43.7 Å². The molecule has 24 heavy (non-hydrogen) atoms. The van der Waals surface area contributed by atoms with Crippen molar-refractivity contribution in [3.63, 3.8) is 0 Å². The van der Waals surface area contributed by atoms with Crippen LogP contribution in [0.15, 0.2) is 61.2 Å². The van der Waals surface area contributed by atoms with E-state index in [1.54, 1.807) is 15.9 Å². The Morgan fingerprint density at radius 1 is 1.08 bits per heavy atom. The molecule has 0 bridgehead atoms. The first kappa shape index (κ1) is 15.9. The molecule has 0 saturated heterocycles. The summed E-state index contributed by atoms with van der Waals surface area (Å²) in [6.45, 7) is 4.04. The number of hydrogen-bond donors (Lipinski definition) is 0. The second-order valence-electron chi connectivity index (χ2n) is 5.89. The predicted octanol–water partition coefficient (Wildman–Crippen LogP) is 3.41. The molecule has 0 fully saturated rings. The van der Waals surface area contributed by atoms with Crippen LogP contribution in [0.5, 0.6) is 0 Å². The number of aryl methyl sites for hydroxylation is 1. The van der Waals surface area contributed by atoms with Crippen LogP contribution in [0.1, 0.15) is 34.5 Å². The molecule has 0 unspecified atom stereocenters. The van der Waals surface area contributed by atoms with E-state index in [0.29, 0.717) is 5.56 Å². The topological polar surface area (TPSA) is 51.0 Å². The van der Waals surface area contributed by atoms with E-state index in [-0.39, 0.29) is 11.9 Å². The third-order valence-electron chi connectivity index (χ3n) is 4.26. The normalized spacial score (nSPS) is 12.0. The molecule has 5 nitrogen and oxygen atoms in total. The Labute approximate surface area is 141 Å². The van der Waals surface area contributed by atoms with Crippen LogP contribution in [0.2, 0.25) is 0 Å². The average molecular weight is 320 g/mol. The first-order chi connectivity index (χ1) is 11.6. The Balaban J connectivity index is 1.76. The second kappa shape index (κ2) is 6.66. The molecule has 1 heterocycles. The fraction of sp³-hybridized carbons (Fsp3) is 0.211. The van der Waals surface area contributed by atoms with Gasteiger partial charge in [-0.3, -0.25) is 4.79 Å². The molecule has 0 saturated carbocycles. The van der Waals surface area contributed by atoms with Crippen molar-refractivity contribution in [1.82, 2.24) is 19.7 Å². The first-order valence-electron chi connectivity index (χ1n) is 7.85. The van der Waals surface area contributed by atoms with Gasteiger partial charge in [0.1, 0.15) is 12.7 Å². The smallest absolute Gasteiger partial charge is 0.254 e. The van der Waals surface area contributed by atoms with Crippen molar-refractivity contribution < 1.29 is 4.79 Å². The van der Waals surface area contributed by atoms with Crippen molar-refractivity contribution >= 4 is 5.91 Å². The number of benzene rings is 2. The molecule has 3 rings (SSSR count). The summed E-state index contributed by atoms with van der Waals surface area (Å²) in [6, 6.07) is 15.6. The van der Waals surface area contributed by atoms with Crippen LogP contribution < -0.4 is 0 Å². The molecule has 0 spiro atoms. The molecular weight excluding hydrogens is 300 g/mol. The SMILES string of the molecule is Cc1ccc(C(=O)N(C)[C@H](C)c2ccc(-n3cncn3)cc2)cc1. The van der Waals surface area contributed by atoms with Crippen LogP contribution >= 0.6 is 0 Å². The lowest BCUT2D eigenvalue weighted by Gasteiger charge is -2.25. The van der Waals surface area contributed by atoms with Crippen LogP contribution in [0.4, 0.5) is 0 Å². The summed E-state index contributed by atoms with van der Waals surface area (Å²) in [5.41, 5.74) is 3.86. The van der Waals surface area contributed by atoms with E-state index in [4.69, 9.17) is 0 Å².